The summed E-state index contributed by atoms with van der Waals surface area (Å²) >= 11 is 0. The topological polar surface area (TPSA) is 77.2 Å². The molecule has 112 valence electrons. The second kappa shape index (κ2) is 5.06. The van der Waals surface area contributed by atoms with E-state index in [4.69, 9.17) is 9.15 Å². The van der Waals surface area contributed by atoms with Gasteiger partial charge in [0, 0.05) is 5.39 Å². The second-order valence-corrected chi connectivity index (χ2v) is 5.42. The Labute approximate surface area is 126 Å². The highest BCUT2D eigenvalue weighted by Crippen LogP contribution is 2.32. The van der Waals surface area contributed by atoms with E-state index in [0.29, 0.717) is 22.5 Å². The first-order valence-corrected chi connectivity index (χ1v) is 7.33. The van der Waals surface area contributed by atoms with Crippen LogP contribution in [-0.4, -0.2) is 28.5 Å². The number of benzene rings is 1. The monoisotopic (exact) mass is 297 g/mol. The van der Waals surface area contributed by atoms with Crippen molar-refractivity contribution >= 4 is 28.0 Å². The van der Waals surface area contributed by atoms with Crippen molar-refractivity contribution in [2.45, 2.75) is 25.8 Å². The van der Waals surface area contributed by atoms with Gasteiger partial charge in [0.15, 0.2) is 0 Å². The van der Waals surface area contributed by atoms with Crippen LogP contribution >= 0.6 is 0 Å². The Morgan fingerprint density at radius 2 is 2.23 bits per heavy atom. The Balaban J connectivity index is 1.81. The fourth-order valence-corrected chi connectivity index (χ4v) is 2.79. The van der Waals surface area contributed by atoms with Crippen molar-refractivity contribution in [1.82, 2.24) is 15.3 Å². The Bertz CT molecular complexity index is 866. The van der Waals surface area contributed by atoms with Gasteiger partial charge in [-0.25, -0.2) is 9.78 Å². The van der Waals surface area contributed by atoms with Crippen LogP contribution in [0.15, 0.2) is 28.7 Å². The Morgan fingerprint density at radius 3 is 3.05 bits per heavy atom. The molecule has 0 spiro atoms. The van der Waals surface area contributed by atoms with E-state index in [0.717, 1.165) is 24.8 Å². The van der Waals surface area contributed by atoms with Crippen LogP contribution in [0.4, 0.5) is 0 Å². The van der Waals surface area contributed by atoms with E-state index < -0.39 is 0 Å². The molecule has 6 heteroatoms. The molecule has 6 nitrogen and oxygen atoms in total. The van der Waals surface area contributed by atoms with E-state index in [2.05, 4.69) is 15.3 Å². The number of rotatable bonds is 2. The van der Waals surface area contributed by atoms with Gasteiger partial charge in [-0.2, -0.15) is 4.98 Å². The first-order chi connectivity index (χ1) is 10.7. The van der Waals surface area contributed by atoms with Crippen molar-refractivity contribution in [3.63, 3.8) is 0 Å². The summed E-state index contributed by atoms with van der Waals surface area (Å²) in [4.78, 5) is 20.8. The van der Waals surface area contributed by atoms with Crippen LogP contribution in [0.1, 0.15) is 18.7 Å². The van der Waals surface area contributed by atoms with Gasteiger partial charge in [-0.15, -0.1) is 0 Å². The van der Waals surface area contributed by atoms with Crippen LogP contribution < -0.4 is 10.1 Å². The van der Waals surface area contributed by atoms with Crippen molar-refractivity contribution < 1.29 is 13.9 Å². The summed E-state index contributed by atoms with van der Waals surface area (Å²) in [6, 6.07) is 7.32. The molecule has 22 heavy (non-hydrogen) atoms. The first kappa shape index (κ1) is 13.2. The van der Waals surface area contributed by atoms with E-state index in [9.17, 15) is 4.79 Å². The summed E-state index contributed by atoms with van der Waals surface area (Å²) in [5.41, 5.74) is 1.79. The summed E-state index contributed by atoms with van der Waals surface area (Å²) in [7, 11) is 0. The first-order valence-electron chi connectivity index (χ1n) is 7.33. The molecule has 1 aromatic carbocycles. The number of furan rings is 1. The van der Waals surface area contributed by atoms with Crippen LogP contribution in [-0.2, 0) is 4.79 Å². The van der Waals surface area contributed by atoms with Crippen LogP contribution in [0.25, 0.3) is 22.1 Å². The van der Waals surface area contributed by atoms with Gasteiger partial charge in [0.25, 0.3) is 5.88 Å². The van der Waals surface area contributed by atoms with E-state index in [1.807, 2.05) is 24.3 Å². The number of aryl methyl sites for hydroxylation is 1. The number of carbonyl (C=O) groups is 1. The molecule has 0 amide bonds. The molecular weight excluding hydrogens is 282 g/mol. The lowest BCUT2D eigenvalue weighted by atomic mass is 10.2. The molecule has 1 fully saturated rings. The predicted molar refractivity (Wildman–Crippen MR) is 80.7 cm³/mol. The number of hydrogen-bond acceptors (Lipinski definition) is 6. The lowest BCUT2D eigenvalue weighted by Crippen LogP contribution is -2.34. The zero-order valence-electron chi connectivity index (χ0n) is 12.1. The van der Waals surface area contributed by atoms with Crippen molar-refractivity contribution in [3.05, 3.63) is 30.1 Å². The van der Waals surface area contributed by atoms with Crippen molar-refractivity contribution in [2.75, 3.05) is 6.54 Å². The molecular formula is C16H15N3O3. The molecule has 1 saturated heterocycles. The van der Waals surface area contributed by atoms with Crippen LogP contribution in [0, 0.1) is 6.92 Å². The van der Waals surface area contributed by atoms with Crippen molar-refractivity contribution in [3.8, 4) is 5.88 Å². The van der Waals surface area contributed by atoms with Crippen LogP contribution in [0.3, 0.4) is 0 Å². The standard InChI is InChI=1S/C16H15N3O3/c1-9-18-13-10-5-2-3-7-12(10)21-14(13)15(19-9)22-16(20)11-6-4-8-17-11/h2-3,5,7,11,17H,4,6,8H2,1H3/t11-/m0/s1. The number of hydrogen-bond donors (Lipinski definition) is 1. The van der Waals surface area contributed by atoms with Gasteiger partial charge in [-0.1, -0.05) is 12.1 Å². The zero-order chi connectivity index (χ0) is 15.1. The predicted octanol–water partition coefficient (Wildman–Crippen LogP) is 2.34. The lowest BCUT2D eigenvalue weighted by Gasteiger charge is -2.09. The molecule has 0 radical (unpaired) electrons. The Morgan fingerprint density at radius 1 is 1.36 bits per heavy atom. The number of carbonyl (C=O) groups excluding carboxylic acids is 1. The van der Waals surface area contributed by atoms with Gasteiger partial charge in [0.05, 0.1) is 0 Å². The fourth-order valence-electron chi connectivity index (χ4n) is 2.79. The molecule has 0 aliphatic carbocycles. The van der Waals surface area contributed by atoms with Crippen LogP contribution in [0.2, 0.25) is 0 Å². The number of fused-ring (bicyclic) bond motifs is 3. The van der Waals surface area contributed by atoms with Gasteiger partial charge in [-0.3, -0.25) is 0 Å². The minimum absolute atomic E-state index is 0.192. The highest BCUT2D eigenvalue weighted by atomic mass is 16.5. The summed E-state index contributed by atoms with van der Waals surface area (Å²) in [5, 5.41) is 4.01. The second-order valence-electron chi connectivity index (χ2n) is 5.42. The normalized spacial score (nSPS) is 18.1. The SMILES string of the molecule is Cc1nc(OC(=O)[C@@H]2CCCN2)c2oc3ccccc3c2n1. The maximum atomic E-state index is 12.2. The smallest absolute Gasteiger partial charge is 0.329 e. The van der Waals surface area contributed by atoms with Gasteiger partial charge in [-0.05, 0) is 38.4 Å². The molecule has 1 aliphatic rings. The average Bonchev–Trinajstić information content (AvgIpc) is 3.15. The largest absolute Gasteiger partial charge is 0.449 e. The zero-order valence-corrected chi connectivity index (χ0v) is 12.1. The fraction of sp³-hybridized carbons (Fsp3) is 0.312. The van der Waals surface area contributed by atoms with Gasteiger partial charge in [0.2, 0.25) is 5.58 Å². The highest BCUT2D eigenvalue weighted by Gasteiger charge is 2.26. The molecule has 1 atom stereocenters. The maximum Gasteiger partial charge on any atom is 0.329 e. The third-order valence-corrected chi connectivity index (χ3v) is 3.84. The molecule has 4 rings (SSSR count). The molecule has 3 heterocycles. The minimum Gasteiger partial charge on any atom is -0.449 e. The molecule has 0 saturated carbocycles. The van der Waals surface area contributed by atoms with Crippen LogP contribution in [0.5, 0.6) is 5.88 Å². The molecule has 3 aromatic rings. The van der Waals surface area contributed by atoms with E-state index in [-0.39, 0.29) is 17.9 Å². The molecule has 0 bridgehead atoms. The Hall–Kier alpha value is -2.47. The van der Waals surface area contributed by atoms with Gasteiger partial charge < -0.3 is 14.5 Å². The quantitative estimate of drug-likeness (QED) is 0.732. The molecule has 1 aliphatic heterocycles. The number of nitrogens with one attached hydrogen (secondary N) is 1. The molecule has 0 unspecified atom stereocenters. The summed E-state index contributed by atoms with van der Waals surface area (Å²) in [6.07, 6.45) is 1.76. The van der Waals surface area contributed by atoms with E-state index in [1.165, 1.54) is 0 Å². The molecule has 1 N–H and O–H groups in total. The highest BCUT2D eigenvalue weighted by molar-refractivity contribution is 6.04. The minimum atomic E-state index is -0.322. The van der Waals surface area contributed by atoms with Crippen molar-refractivity contribution in [1.29, 1.82) is 0 Å². The number of nitrogens with zero attached hydrogens (tertiary/aromatic N) is 2. The number of para-hydroxylation sites is 1. The number of ether oxygens (including phenoxy) is 1. The average molecular weight is 297 g/mol. The summed E-state index contributed by atoms with van der Waals surface area (Å²) in [5.74, 6) is 0.413. The number of esters is 1. The van der Waals surface area contributed by atoms with Crippen molar-refractivity contribution in [2.24, 2.45) is 0 Å². The van der Waals surface area contributed by atoms with E-state index >= 15 is 0 Å². The summed E-state index contributed by atoms with van der Waals surface area (Å²) in [6.45, 7) is 2.61. The van der Waals surface area contributed by atoms with E-state index in [1.54, 1.807) is 6.92 Å². The summed E-state index contributed by atoms with van der Waals surface area (Å²) < 4.78 is 11.3. The third kappa shape index (κ3) is 2.12. The lowest BCUT2D eigenvalue weighted by molar-refractivity contribution is -0.136. The Kier molecular flexibility index (Phi) is 3.04. The maximum absolute atomic E-state index is 12.2. The third-order valence-electron chi connectivity index (χ3n) is 3.84. The number of aromatic nitrogens is 2. The molecule has 2 aromatic heterocycles. The van der Waals surface area contributed by atoms with Gasteiger partial charge >= 0.3 is 5.97 Å². The van der Waals surface area contributed by atoms with Gasteiger partial charge in [0.1, 0.15) is 23.0 Å².